The normalized spacial score (nSPS) is 16.8. The van der Waals surface area contributed by atoms with Gasteiger partial charge in [-0.15, -0.1) is 24.2 Å². The zero-order valence-corrected chi connectivity index (χ0v) is 27.0. The molecule has 1 aliphatic heterocycles. The number of nitrogens with zero attached hydrogens (tertiary/aromatic N) is 3. The van der Waals surface area contributed by atoms with Gasteiger partial charge in [0.2, 0.25) is 11.8 Å². The maximum Gasteiger partial charge on any atom is 0.251 e. The van der Waals surface area contributed by atoms with Crippen molar-refractivity contribution in [1.29, 1.82) is 5.26 Å². The SMILES string of the molecule is C#C.Cc1ccc2[nH]c(=O)c(CC(C#N)NC(=O)[C@@H]3C[C@@H](C(C)C)CN3C(=O)CC(C)(C)C)cc2c1.Cc1cnc(N)s1. The predicted octanol–water partition coefficient (Wildman–Crippen LogP) is 4.98. The molecule has 1 aliphatic rings. The van der Waals surface area contributed by atoms with E-state index in [1.807, 2.05) is 52.8 Å². The number of thiazole rings is 1. The third kappa shape index (κ3) is 10.3. The Hall–Kier alpha value is -4.15. The van der Waals surface area contributed by atoms with Gasteiger partial charge in [-0.3, -0.25) is 14.4 Å². The van der Waals surface area contributed by atoms with Crippen molar-refractivity contribution in [3.63, 3.8) is 0 Å². The molecule has 2 aromatic heterocycles. The number of nitrogens with two attached hydrogens (primary N) is 1. The van der Waals surface area contributed by atoms with Gasteiger partial charge < -0.3 is 20.9 Å². The number of amides is 2. The Morgan fingerprint density at radius 3 is 2.44 bits per heavy atom. The van der Waals surface area contributed by atoms with Crippen molar-refractivity contribution in [2.45, 2.75) is 79.8 Å². The van der Waals surface area contributed by atoms with Crippen LogP contribution in [0.15, 0.2) is 35.3 Å². The third-order valence-corrected chi connectivity index (χ3v) is 7.93. The summed E-state index contributed by atoms with van der Waals surface area (Å²) in [5, 5.41) is 14.1. The number of nitriles is 1. The highest BCUT2D eigenvalue weighted by Gasteiger charge is 2.41. The van der Waals surface area contributed by atoms with E-state index in [0.717, 1.165) is 21.3 Å². The molecule has 4 N–H and O–H groups in total. The number of anilines is 1. The molecule has 3 heterocycles. The summed E-state index contributed by atoms with van der Waals surface area (Å²) < 4.78 is 0. The first kappa shape index (κ1) is 35.0. The van der Waals surface area contributed by atoms with Gasteiger partial charge in [0.15, 0.2) is 5.13 Å². The van der Waals surface area contributed by atoms with E-state index in [0.29, 0.717) is 36.0 Å². The van der Waals surface area contributed by atoms with Gasteiger partial charge in [-0.05, 0) is 61.1 Å². The summed E-state index contributed by atoms with van der Waals surface area (Å²) in [6, 6.07) is 8.18. The van der Waals surface area contributed by atoms with E-state index < -0.39 is 12.1 Å². The van der Waals surface area contributed by atoms with E-state index in [4.69, 9.17) is 5.73 Å². The molecule has 1 fully saturated rings. The van der Waals surface area contributed by atoms with Gasteiger partial charge >= 0.3 is 0 Å². The highest BCUT2D eigenvalue weighted by molar-refractivity contribution is 7.15. The molecule has 230 valence electrons. The Balaban J connectivity index is 0.000000619. The van der Waals surface area contributed by atoms with Crippen LogP contribution in [0.2, 0.25) is 0 Å². The molecule has 3 aromatic rings. The van der Waals surface area contributed by atoms with E-state index in [2.05, 4.69) is 48.0 Å². The van der Waals surface area contributed by atoms with Gasteiger partial charge in [-0.25, -0.2) is 4.98 Å². The lowest BCUT2D eigenvalue weighted by Gasteiger charge is -2.28. The number of benzene rings is 1. The standard InChI is InChI=1S/C27H36N4O3.C4H6N2S.C2H2/c1-16(2)20-12-23(31(15-20)24(32)13-27(4,5)6)26(34)29-21(14-28)11-19-10-18-9-17(3)7-8-22(18)30-25(19)33;1-3-2-6-4(5)7-3;1-2/h7-10,16,20-21,23H,11-13,15H2,1-6H3,(H,29,34)(H,30,33);2H,1H3,(H2,5,6);1-2H/t20-,21?,23+;;/m1../s1. The Bertz CT molecular complexity index is 1510. The van der Waals surface area contributed by atoms with E-state index in [9.17, 15) is 19.6 Å². The van der Waals surface area contributed by atoms with Crippen molar-refractivity contribution in [3.05, 3.63) is 56.8 Å². The average molecular weight is 605 g/mol. The van der Waals surface area contributed by atoms with E-state index in [1.165, 1.54) is 11.3 Å². The fourth-order valence-corrected chi connectivity index (χ4v) is 5.48. The summed E-state index contributed by atoms with van der Waals surface area (Å²) in [6.07, 6.45) is 10.8. The Morgan fingerprint density at radius 2 is 1.93 bits per heavy atom. The van der Waals surface area contributed by atoms with Gasteiger partial charge in [-0.1, -0.05) is 46.2 Å². The molecule has 0 saturated carbocycles. The van der Waals surface area contributed by atoms with Crippen molar-refractivity contribution in [1.82, 2.24) is 20.2 Å². The van der Waals surface area contributed by atoms with Gasteiger partial charge in [-0.2, -0.15) is 5.26 Å². The maximum atomic E-state index is 13.3. The van der Waals surface area contributed by atoms with Crippen LogP contribution in [0.4, 0.5) is 5.13 Å². The fourth-order valence-electron chi connectivity index (χ4n) is 4.94. The number of aromatic amines is 1. The van der Waals surface area contributed by atoms with Crippen molar-refractivity contribution in [3.8, 4) is 18.9 Å². The Kier molecular flexibility index (Phi) is 12.5. The molecule has 0 aliphatic carbocycles. The van der Waals surface area contributed by atoms with E-state index in [-0.39, 0.29) is 35.1 Å². The number of terminal acetylenes is 1. The number of carbonyl (C=O) groups is 2. The number of aromatic nitrogens is 2. The van der Waals surface area contributed by atoms with Gasteiger partial charge in [0, 0.05) is 41.5 Å². The van der Waals surface area contributed by atoms with Crippen LogP contribution in [-0.4, -0.2) is 45.3 Å². The molecule has 2 amide bonds. The predicted molar refractivity (Wildman–Crippen MR) is 174 cm³/mol. The average Bonchev–Trinajstić information content (AvgIpc) is 3.55. The van der Waals surface area contributed by atoms with E-state index in [1.54, 1.807) is 17.2 Å². The number of aryl methyl sites for hydroxylation is 2. The molecule has 1 aromatic carbocycles. The number of hydrogen-bond acceptors (Lipinski definition) is 7. The summed E-state index contributed by atoms with van der Waals surface area (Å²) in [6.45, 7) is 14.7. The lowest BCUT2D eigenvalue weighted by atomic mass is 9.91. The Morgan fingerprint density at radius 1 is 1.26 bits per heavy atom. The first-order chi connectivity index (χ1) is 20.2. The second-order valence-corrected chi connectivity index (χ2v) is 13.7. The molecule has 1 saturated heterocycles. The number of hydrogen-bond donors (Lipinski definition) is 3. The third-order valence-electron chi connectivity index (χ3n) is 7.19. The van der Waals surface area contributed by atoms with Gasteiger partial charge in [0.1, 0.15) is 12.1 Å². The minimum atomic E-state index is -0.867. The van der Waals surface area contributed by atoms with Crippen molar-refractivity contribution in [2.24, 2.45) is 17.3 Å². The minimum Gasteiger partial charge on any atom is -0.375 e. The molecule has 0 spiro atoms. The van der Waals surface area contributed by atoms with Crippen LogP contribution in [0.25, 0.3) is 10.9 Å². The van der Waals surface area contributed by atoms with Gasteiger partial charge in [0.25, 0.3) is 5.56 Å². The highest BCUT2D eigenvalue weighted by atomic mass is 32.1. The second kappa shape index (κ2) is 15.4. The summed E-state index contributed by atoms with van der Waals surface area (Å²) in [5.41, 5.74) is 7.07. The monoisotopic (exact) mass is 604 g/mol. The Labute approximate surface area is 258 Å². The van der Waals surface area contributed by atoms with Crippen LogP contribution in [0.1, 0.15) is 63.5 Å². The maximum absolute atomic E-state index is 13.3. The smallest absolute Gasteiger partial charge is 0.251 e. The highest BCUT2D eigenvalue weighted by Crippen LogP contribution is 2.31. The molecular weight excluding hydrogens is 560 g/mol. The number of carbonyl (C=O) groups excluding carboxylic acids is 2. The second-order valence-electron chi connectivity index (χ2n) is 12.5. The fraction of sp³-hybridized carbons (Fsp3) is 0.485. The van der Waals surface area contributed by atoms with Crippen LogP contribution in [0.5, 0.6) is 0 Å². The molecule has 1 unspecified atom stereocenters. The van der Waals surface area contributed by atoms with Crippen molar-refractivity contribution >= 4 is 39.2 Å². The van der Waals surface area contributed by atoms with E-state index >= 15 is 0 Å². The first-order valence-electron chi connectivity index (χ1n) is 14.3. The molecule has 0 bridgehead atoms. The number of H-pyrrole nitrogens is 1. The summed E-state index contributed by atoms with van der Waals surface area (Å²) in [7, 11) is 0. The molecule has 3 atom stereocenters. The summed E-state index contributed by atoms with van der Waals surface area (Å²) in [4.78, 5) is 48.4. The molecule has 4 rings (SSSR count). The molecule has 43 heavy (non-hydrogen) atoms. The zero-order valence-electron chi connectivity index (χ0n) is 26.2. The lowest BCUT2D eigenvalue weighted by Crippen LogP contribution is -2.49. The van der Waals surface area contributed by atoms with Crippen molar-refractivity contribution < 1.29 is 9.59 Å². The number of fused-ring (bicyclic) bond motifs is 1. The quantitative estimate of drug-likeness (QED) is 0.339. The van der Waals surface area contributed by atoms with Crippen LogP contribution in [-0.2, 0) is 16.0 Å². The van der Waals surface area contributed by atoms with Gasteiger partial charge in [0.05, 0.1) is 6.07 Å². The van der Waals surface area contributed by atoms with Crippen LogP contribution < -0.4 is 16.6 Å². The minimum absolute atomic E-state index is 0.0364. The molecule has 10 heteroatoms. The topological polar surface area (TPSA) is 145 Å². The molecule has 0 radical (unpaired) electrons. The lowest BCUT2D eigenvalue weighted by molar-refractivity contribution is -0.140. The van der Waals surface area contributed by atoms with Crippen molar-refractivity contribution in [2.75, 3.05) is 12.3 Å². The molecule has 9 nitrogen and oxygen atoms in total. The number of nitrogen functional groups attached to an aromatic ring is 1. The number of likely N-dealkylation sites (tertiary alicyclic amines) is 1. The number of rotatable bonds is 6. The van der Waals surface area contributed by atoms with Crippen LogP contribution in [0.3, 0.4) is 0 Å². The number of nitrogens with one attached hydrogen (secondary N) is 2. The largest absolute Gasteiger partial charge is 0.375 e. The summed E-state index contributed by atoms with van der Waals surface area (Å²) in [5.74, 6) is 0.205. The first-order valence-corrected chi connectivity index (χ1v) is 15.1. The number of pyridine rings is 1. The molecular formula is C33H44N6O3S. The van der Waals surface area contributed by atoms with Crippen LogP contribution in [0, 0.1) is 55.3 Å². The zero-order chi connectivity index (χ0) is 32.5. The summed E-state index contributed by atoms with van der Waals surface area (Å²) >= 11 is 1.51. The van der Waals surface area contributed by atoms with Crippen LogP contribution >= 0.6 is 11.3 Å².